The predicted octanol–water partition coefficient (Wildman–Crippen LogP) is 3.26. The number of anilines is 1. The van der Waals surface area contributed by atoms with Gasteiger partial charge in [-0.05, 0) is 37.6 Å². The highest BCUT2D eigenvalue weighted by Gasteiger charge is 2.04. The molecule has 0 aliphatic rings. The van der Waals surface area contributed by atoms with Crippen molar-refractivity contribution in [2.24, 2.45) is 0 Å². The molecule has 0 fully saturated rings. The number of amides is 1. The van der Waals surface area contributed by atoms with Crippen LogP contribution in [0.1, 0.15) is 13.3 Å². The Morgan fingerprint density at radius 1 is 1.41 bits per heavy atom. The van der Waals surface area contributed by atoms with E-state index in [1.807, 2.05) is 6.92 Å². The monoisotopic (exact) mass is 257 g/mol. The smallest absolute Gasteiger partial charge is 0.411 e. The summed E-state index contributed by atoms with van der Waals surface area (Å²) in [5.41, 5.74) is 0.662. The summed E-state index contributed by atoms with van der Waals surface area (Å²) in [4.78, 5) is 11.3. The predicted molar refractivity (Wildman–Crippen MR) is 67.9 cm³/mol. The first kappa shape index (κ1) is 13.6. The second-order valence-corrected chi connectivity index (χ2v) is 4.30. The van der Waals surface area contributed by atoms with E-state index in [0.29, 0.717) is 18.7 Å². The minimum Gasteiger partial charge on any atom is -0.497 e. The molecule has 1 amide bonds. The first-order valence-corrected chi connectivity index (χ1v) is 5.77. The highest BCUT2D eigenvalue weighted by atomic mass is 35.5. The van der Waals surface area contributed by atoms with E-state index in [9.17, 15) is 4.79 Å². The average Bonchev–Trinajstić information content (AvgIpc) is 2.29. The highest BCUT2D eigenvalue weighted by Crippen LogP contribution is 2.15. The average molecular weight is 258 g/mol. The van der Waals surface area contributed by atoms with Crippen molar-refractivity contribution in [3.63, 3.8) is 0 Å². The molecule has 5 heteroatoms. The first-order chi connectivity index (χ1) is 8.11. The van der Waals surface area contributed by atoms with E-state index in [0.717, 1.165) is 5.75 Å². The quantitative estimate of drug-likeness (QED) is 0.824. The molecule has 1 aromatic carbocycles. The Kier molecular flexibility index (Phi) is 5.63. The van der Waals surface area contributed by atoms with Crippen LogP contribution in [-0.2, 0) is 4.74 Å². The lowest BCUT2D eigenvalue weighted by Gasteiger charge is -2.08. The highest BCUT2D eigenvalue weighted by molar-refractivity contribution is 6.20. The number of hydrogen-bond donors (Lipinski definition) is 1. The minimum atomic E-state index is -0.479. The summed E-state index contributed by atoms with van der Waals surface area (Å²) in [6.07, 6.45) is 0.157. The zero-order valence-electron chi connectivity index (χ0n) is 9.90. The first-order valence-electron chi connectivity index (χ1n) is 5.33. The van der Waals surface area contributed by atoms with Crippen molar-refractivity contribution in [2.45, 2.75) is 18.7 Å². The van der Waals surface area contributed by atoms with Crippen molar-refractivity contribution in [2.75, 3.05) is 19.0 Å². The van der Waals surface area contributed by atoms with Gasteiger partial charge in [0.25, 0.3) is 0 Å². The van der Waals surface area contributed by atoms with Crippen LogP contribution in [0.25, 0.3) is 0 Å². The van der Waals surface area contributed by atoms with Crippen LogP contribution in [0.15, 0.2) is 24.3 Å². The molecular formula is C12H16ClNO3. The van der Waals surface area contributed by atoms with Crippen molar-refractivity contribution in [3.8, 4) is 5.75 Å². The summed E-state index contributed by atoms with van der Waals surface area (Å²) < 4.78 is 9.95. The molecule has 0 saturated carbocycles. The van der Waals surface area contributed by atoms with E-state index < -0.39 is 6.09 Å². The van der Waals surface area contributed by atoms with E-state index in [-0.39, 0.29) is 5.38 Å². The van der Waals surface area contributed by atoms with Crippen molar-refractivity contribution in [3.05, 3.63) is 24.3 Å². The zero-order valence-corrected chi connectivity index (χ0v) is 10.7. The number of halogens is 1. The molecule has 0 spiro atoms. The molecule has 0 heterocycles. The molecule has 4 nitrogen and oxygen atoms in total. The third-order valence-corrected chi connectivity index (χ3v) is 2.30. The molecular weight excluding hydrogens is 242 g/mol. The largest absolute Gasteiger partial charge is 0.497 e. The van der Waals surface area contributed by atoms with E-state index >= 15 is 0 Å². The minimum absolute atomic E-state index is 0.00351. The molecule has 0 aromatic heterocycles. The summed E-state index contributed by atoms with van der Waals surface area (Å²) in [6, 6.07) is 7.00. The van der Waals surface area contributed by atoms with Gasteiger partial charge in [0.2, 0.25) is 0 Å². The summed E-state index contributed by atoms with van der Waals surface area (Å²) in [7, 11) is 1.59. The normalized spacial score (nSPS) is 11.7. The van der Waals surface area contributed by atoms with Gasteiger partial charge in [0.15, 0.2) is 0 Å². The van der Waals surface area contributed by atoms with Gasteiger partial charge in [-0.1, -0.05) is 0 Å². The van der Waals surface area contributed by atoms with E-state index in [4.69, 9.17) is 21.1 Å². The van der Waals surface area contributed by atoms with Crippen LogP contribution in [-0.4, -0.2) is 25.2 Å². The fraction of sp³-hybridized carbons (Fsp3) is 0.417. The van der Waals surface area contributed by atoms with E-state index in [2.05, 4.69) is 5.32 Å². The molecule has 1 unspecified atom stereocenters. The Hall–Kier alpha value is -1.42. The van der Waals surface area contributed by atoms with Crippen molar-refractivity contribution >= 4 is 23.4 Å². The summed E-state index contributed by atoms with van der Waals surface area (Å²) in [5.74, 6) is 0.736. The lowest BCUT2D eigenvalue weighted by Crippen LogP contribution is -2.15. The maximum atomic E-state index is 11.3. The van der Waals surface area contributed by atoms with Crippen LogP contribution in [0, 0.1) is 0 Å². The third-order valence-electron chi connectivity index (χ3n) is 2.09. The maximum absolute atomic E-state index is 11.3. The van der Waals surface area contributed by atoms with Crippen molar-refractivity contribution in [1.82, 2.24) is 0 Å². The van der Waals surface area contributed by atoms with E-state index in [1.54, 1.807) is 31.4 Å². The number of alkyl halides is 1. The van der Waals surface area contributed by atoms with Crippen LogP contribution in [0.3, 0.4) is 0 Å². The van der Waals surface area contributed by atoms with Gasteiger partial charge in [-0.3, -0.25) is 5.32 Å². The van der Waals surface area contributed by atoms with Crippen molar-refractivity contribution < 1.29 is 14.3 Å². The summed E-state index contributed by atoms with van der Waals surface area (Å²) in [6.45, 7) is 2.17. The number of methoxy groups -OCH3 is 1. The number of carbonyl (C=O) groups excluding carboxylic acids is 1. The van der Waals surface area contributed by atoms with Gasteiger partial charge in [0.1, 0.15) is 5.75 Å². The molecule has 0 aliphatic heterocycles. The number of nitrogens with one attached hydrogen (secondary N) is 1. The lowest BCUT2D eigenvalue weighted by molar-refractivity contribution is 0.160. The number of ether oxygens (including phenoxy) is 2. The van der Waals surface area contributed by atoms with Gasteiger partial charge in [-0.2, -0.15) is 0 Å². The Morgan fingerprint density at radius 3 is 2.59 bits per heavy atom. The number of rotatable bonds is 5. The van der Waals surface area contributed by atoms with Gasteiger partial charge in [0, 0.05) is 11.1 Å². The Balaban J connectivity index is 2.34. The van der Waals surface area contributed by atoms with Crippen LogP contribution in [0.4, 0.5) is 10.5 Å². The second kappa shape index (κ2) is 7.01. The molecule has 1 rings (SSSR count). The SMILES string of the molecule is COc1ccc(NC(=O)OCCC(C)Cl)cc1. The Morgan fingerprint density at radius 2 is 2.06 bits per heavy atom. The zero-order chi connectivity index (χ0) is 12.7. The molecule has 17 heavy (non-hydrogen) atoms. The molecule has 0 bridgehead atoms. The van der Waals surface area contributed by atoms with Gasteiger partial charge in [0.05, 0.1) is 13.7 Å². The van der Waals surface area contributed by atoms with Gasteiger partial charge in [-0.25, -0.2) is 4.79 Å². The van der Waals surface area contributed by atoms with Crippen LogP contribution in [0.2, 0.25) is 0 Å². The van der Waals surface area contributed by atoms with Gasteiger partial charge < -0.3 is 9.47 Å². The molecule has 1 aromatic rings. The Labute approximate surface area is 106 Å². The third kappa shape index (κ3) is 5.45. The summed E-state index contributed by atoms with van der Waals surface area (Å²) >= 11 is 5.73. The Bertz CT molecular complexity index is 351. The van der Waals surface area contributed by atoms with Crippen molar-refractivity contribution in [1.29, 1.82) is 0 Å². The standard InChI is InChI=1S/C12H16ClNO3/c1-9(13)7-8-17-12(15)14-10-3-5-11(16-2)6-4-10/h3-6,9H,7-8H2,1-2H3,(H,14,15). The van der Waals surface area contributed by atoms with Crippen LogP contribution >= 0.6 is 11.6 Å². The maximum Gasteiger partial charge on any atom is 0.411 e. The lowest BCUT2D eigenvalue weighted by atomic mass is 10.3. The summed E-state index contributed by atoms with van der Waals surface area (Å²) in [5, 5.41) is 2.61. The van der Waals surface area contributed by atoms with Crippen LogP contribution in [0.5, 0.6) is 5.75 Å². The van der Waals surface area contributed by atoms with Gasteiger partial charge >= 0.3 is 6.09 Å². The molecule has 94 valence electrons. The fourth-order valence-corrected chi connectivity index (χ4v) is 1.23. The van der Waals surface area contributed by atoms with Crippen LogP contribution < -0.4 is 10.1 Å². The molecule has 0 radical (unpaired) electrons. The molecule has 0 aliphatic carbocycles. The number of hydrogen-bond acceptors (Lipinski definition) is 3. The number of benzene rings is 1. The van der Waals surface area contributed by atoms with Gasteiger partial charge in [-0.15, -0.1) is 11.6 Å². The number of carbonyl (C=O) groups is 1. The molecule has 1 atom stereocenters. The topological polar surface area (TPSA) is 47.6 Å². The fourth-order valence-electron chi connectivity index (χ4n) is 1.14. The molecule has 0 saturated heterocycles. The molecule has 1 N–H and O–H groups in total. The van der Waals surface area contributed by atoms with E-state index in [1.165, 1.54) is 0 Å². The second-order valence-electron chi connectivity index (χ2n) is 3.56.